The third kappa shape index (κ3) is 9.88. The summed E-state index contributed by atoms with van der Waals surface area (Å²) in [7, 11) is 0. The van der Waals surface area contributed by atoms with Gasteiger partial charge in [-0.1, -0.05) is 46.5 Å². The number of hydrogen-bond acceptors (Lipinski definition) is 1. The van der Waals surface area contributed by atoms with E-state index >= 15 is 0 Å². The van der Waals surface area contributed by atoms with Crippen LogP contribution in [0.3, 0.4) is 0 Å². The molecule has 0 aromatic rings. The van der Waals surface area contributed by atoms with Gasteiger partial charge in [-0.15, -0.1) is 0 Å². The van der Waals surface area contributed by atoms with Crippen LogP contribution in [0.25, 0.3) is 0 Å². The molecule has 1 atom stereocenters. The summed E-state index contributed by atoms with van der Waals surface area (Å²) >= 11 is 0. The van der Waals surface area contributed by atoms with E-state index in [1.807, 2.05) is 0 Å². The largest absolute Gasteiger partial charge is 0.317 e. The number of unbranched alkanes of at least 4 members (excludes halogenated alkanes) is 2. The molecule has 1 heteroatoms. The van der Waals surface area contributed by atoms with Gasteiger partial charge in [-0.3, -0.25) is 0 Å². The molecule has 0 aliphatic heterocycles. The highest BCUT2D eigenvalue weighted by Gasteiger charge is 1.97. The Bertz CT molecular complexity index is 91.1. The Labute approximate surface area is 84.3 Å². The average molecular weight is 185 g/mol. The molecule has 0 saturated carbocycles. The lowest BCUT2D eigenvalue weighted by Crippen LogP contribution is -2.16. The maximum atomic E-state index is 3.48. The molecule has 0 saturated heterocycles. The molecule has 1 nitrogen and oxygen atoms in total. The number of hydrogen-bond donors (Lipinski definition) is 1. The van der Waals surface area contributed by atoms with E-state index in [4.69, 9.17) is 0 Å². The molecule has 0 spiro atoms. The lowest BCUT2D eigenvalue weighted by Gasteiger charge is -2.07. The highest BCUT2D eigenvalue weighted by atomic mass is 14.8. The predicted octanol–water partition coefficient (Wildman–Crippen LogP) is 3.59. The van der Waals surface area contributed by atoms with Gasteiger partial charge in [0.1, 0.15) is 0 Å². The first kappa shape index (κ1) is 13.0. The van der Waals surface area contributed by atoms with Gasteiger partial charge in [0, 0.05) is 0 Å². The molecule has 0 amide bonds. The lowest BCUT2D eigenvalue weighted by atomic mass is 10.0. The van der Waals surface area contributed by atoms with Crippen LogP contribution in [0.1, 0.15) is 59.3 Å². The van der Waals surface area contributed by atoms with Crippen molar-refractivity contribution in [2.75, 3.05) is 13.1 Å². The summed E-state index contributed by atoms with van der Waals surface area (Å²) in [5.74, 6) is 0.927. The zero-order valence-electron chi connectivity index (χ0n) is 9.73. The van der Waals surface area contributed by atoms with Crippen LogP contribution < -0.4 is 5.32 Å². The number of rotatable bonds is 9. The van der Waals surface area contributed by atoms with E-state index in [1.54, 1.807) is 0 Å². The van der Waals surface area contributed by atoms with Crippen molar-refractivity contribution in [2.45, 2.75) is 59.3 Å². The molecule has 1 unspecified atom stereocenters. The molecule has 0 fully saturated rings. The smallest absolute Gasteiger partial charge is 0.00489 e. The van der Waals surface area contributed by atoms with Crippen molar-refractivity contribution >= 4 is 0 Å². The standard InChI is InChI=1S/C12H27N/c1-4-6-10-13-11-8-7-9-12(3)5-2/h12-13H,4-11H2,1-3H3. The Morgan fingerprint density at radius 1 is 1.00 bits per heavy atom. The quantitative estimate of drug-likeness (QED) is 0.541. The van der Waals surface area contributed by atoms with Gasteiger partial charge in [0.15, 0.2) is 0 Å². The van der Waals surface area contributed by atoms with Crippen LogP contribution >= 0.6 is 0 Å². The summed E-state index contributed by atoms with van der Waals surface area (Å²) in [6.07, 6.45) is 8.13. The molecule has 0 aromatic carbocycles. The van der Waals surface area contributed by atoms with E-state index in [0.717, 1.165) is 5.92 Å². The highest BCUT2D eigenvalue weighted by Crippen LogP contribution is 2.10. The van der Waals surface area contributed by atoms with E-state index in [-0.39, 0.29) is 0 Å². The van der Waals surface area contributed by atoms with E-state index < -0.39 is 0 Å². The van der Waals surface area contributed by atoms with E-state index in [2.05, 4.69) is 26.1 Å². The fourth-order valence-electron chi connectivity index (χ4n) is 1.37. The minimum absolute atomic E-state index is 0.927. The van der Waals surface area contributed by atoms with Crippen LogP contribution in [-0.2, 0) is 0 Å². The molecule has 0 aliphatic carbocycles. The third-order valence-electron chi connectivity index (χ3n) is 2.70. The van der Waals surface area contributed by atoms with Gasteiger partial charge in [-0.2, -0.15) is 0 Å². The molecular formula is C12H27N. The SMILES string of the molecule is CCCCNCCCCC(C)CC. The summed E-state index contributed by atoms with van der Waals surface area (Å²) in [4.78, 5) is 0. The minimum atomic E-state index is 0.927. The Balaban J connectivity index is 2.91. The average Bonchev–Trinajstić information content (AvgIpc) is 2.16. The topological polar surface area (TPSA) is 12.0 Å². The van der Waals surface area contributed by atoms with Crippen molar-refractivity contribution in [3.63, 3.8) is 0 Å². The Kier molecular flexibility index (Phi) is 10.0. The van der Waals surface area contributed by atoms with Crippen molar-refractivity contribution in [3.05, 3.63) is 0 Å². The highest BCUT2D eigenvalue weighted by molar-refractivity contribution is 4.53. The molecule has 80 valence electrons. The molecular weight excluding hydrogens is 158 g/mol. The van der Waals surface area contributed by atoms with Crippen LogP contribution in [0, 0.1) is 5.92 Å². The molecule has 0 aromatic heterocycles. The Morgan fingerprint density at radius 2 is 1.69 bits per heavy atom. The number of nitrogens with one attached hydrogen (secondary N) is 1. The van der Waals surface area contributed by atoms with Crippen LogP contribution in [0.2, 0.25) is 0 Å². The van der Waals surface area contributed by atoms with Gasteiger partial charge in [-0.05, 0) is 31.8 Å². The minimum Gasteiger partial charge on any atom is -0.317 e. The van der Waals surface area contributed by atoms with E-state index in [1.165, 1.54) is 51.6 Å². The second-order valence-electron chi connectivity index (χ2n) is 4.11. The fourth-order valence-corrected chi connectivity index (χ4v) is 1.37. The van der Waals surface area contributed by atoms with Crippen molar-refractivity contribution in [2.24, 2.45) is 5.92 Å². The molecule has 0 bridgehead atoms. The van der Waals surface area contributed by atoms with Crippen molar-refractivity contribution < 1.29 is 0 Å². The second kappa shape index (κ2) is 10.0. The normalized spacial score (nSPS) is 13.2. The van der Waals surface area contributed by atoms with Crippen LogP contribution in [0.4, 0.5) is 0 Å². The molecule has 0 rings (SSSR count). The van der Waals surface area contributed by atoms with Gasteiger partial charge < -0.3 is 5.32 Å². The lowest BCUT2D eigenvalue weighted by molar-refractivity contribution is 0.475. The zero-order chi connectivity index (χ0) is 9.94. The van der Waals surface area contributed by atoms with Crippen molar-refractivity contribution in [1.29, 1.82) is 0 Å². The van der Waals surface area contributed by atoms with Crippen molar-refractivity contribution in [3.8, 4) is 0 Å². The first-order valence-electron chi connectivity index (χ1n) is 6.02. The monoisotopic (exact) mass is 185 g/mol. The Hall–Kier alpha value is -0.0400. The van der Waals surface area contributed by atoms with Gasteiger partial charge in [0.2, 0.25) is 0 Å². The fraction of sp³-hybridized carbons (Fsp3) is 1.00. The van der Waals surface area contributed by atoms with Gasteiger partial charge in [0.05, 0.1) is 0 Å². The summed E-state index contributed by atoms with van der Waals surface area (Å²) in [5, 5.41) is 3.48. The predicted molar refractivity (Wildman–Crippen MR) is 61.1 cm³/mol. The summed E-state index contributed by atoms with van der Waals surface area (Å²) in [5.41, 5.74) is 0. The first-order valence-corrected chi connectivity index (χ1v) is 6.02. The van der Waals surface area contributed by atoms with E-state index in [0.29, 0.717) is 0 Å². The van der Waals surface area contributed by atoms with Gasteiger partial charge in [-0.25, -0.2) is 0 Å². The van der Waals surface area contributed by atoms with Crippen LogP contribution in [0.15, 0.2) is 0 Å². The van der Waals surface area contributed by atoms with Crippen LogP contribution in [0.5, 0.6) is 0 Å². The first-order chi connectivity index (χ1) is 6.31. The summed E-state index contributed by atoms with van der Waals surface area (Å²) < 4.78 is 0. The maximum absolute atomic E-state index is 3.48. The van der Waals surface area contributed by atoms with Crippen LogP contribution in [-0.4, -0.2) is 13.1 Å². The van der Waals surface area contributed by atoms with E-state index in [9.17, 15) is 0 Å². The second-order valence-corrected chi connectivity index (χ2v) is 4.11. The molecule has 0 aliphatic rings. The van der Waals surface area contributed by atoms with Gasteiger partial charge in [0.25, 0.3) is 0 Å². The molecule has 0 radical (unpaired) electrons. The summed E-state index contributed by atoms with van der Waals surface area (Å²) in [6.45, 7) is 9.30. The van der Waals surface area contributed by atoms with Gasteiger partial charge >= 0.3 is 0 Å². The third-order valence-corrected chi connectivity index (χ3v) is 2.70. The maximum Gasteiger partial charge on any atom is -0.00489 e. The molecule has 13 heavy (non-hydrogen) atoms. The molecule has 1 N–H and O–H groups in total. The zero-order valence-corrected chi connectivity index (χ0v) is 9.73. The Morgan fingerprint density at radius 3 is 2.31 bits per heavy atom. The van der Waals surface area contributed by atoms with Crippen molar-refractivity contribution in [1.82, 2.24) is 5.32 Å². The summed E-state index contributed by atoms with van der Waals surface area (Å²) in [6, 6.07) is 0. The molecule has 0 heterocycles.